The Morgan fingerprint density at radius 3 is 1.09 bits per heavy atom. The molecule has 4 aromatic carbocycles. The number of carbonyl (C=O) groups excluding carboxylic acids is 7. The highest BCUT2D eigenvalue weighted by Crippen LogP contribution is 2.34. The fraction of sp³-hybridized carbons (Fsp3) is 0.492. The van der Waals surface area contributed by atoms with Crippen LogP contribution in [0, 0.1) is 20.2 Å². The molecule has 0 N–H and O–H groups in total. The maximum Gasteiger partial charge on any atom is 0.519 e. The van der Waals surface area contributed by atoms with E-state index in [1.54, 1.807) is 119 Å². The van der Waals surface area contributed by atoms with E-state index < -0.39 is 87.8 Å². The number of benzene rings is 4. The zero-order valence-electron chi connectivity index (χ0n) is 54.3. The van der Waals surface area contributed by atoms with Crippen molar-refractivity contribution in [2.75, 3.05) is 65.6 Å². The van der Waals surface area contributed by atoms with Crippen LogP contribution in [0.3, 0.4) is 0 Å². The van der Waals surface area contributed by atoms with Crippen molar-refractivity contribution in [3.8, 4) is 11.5 Å². The molecule has 2 aliphatic rings. The molecule has 2 aliphatic heterocycles. The number of nitro benzene ring substituents is 2. The maximum absolute atomic E-state index is 13.8. The van der Waals surface area contributed by atoms with Crippen molar-refractivity contribution in [2.24, 2.45) is 10.2 Å². The number of piperazine rings is 2. The van der Waals surface area contributed by atoms with Crippen LogP contribution in [0.1, 0.15) is 116 Å². The summed E-state index contributed by atoms with van der Waals surface area (Å²) in [6.45, 7) is 20.2. The molecule has 94 heavy (non-hydrogen) atoms. The second-order valence-corrected chi connectivity index (χ2v) is 25.6. The molecule has 2 fully saturated rings. The first-order valence-corrected chi connectivity index (χ1v) is 29.5. The monoisotopic (exact) mass is 1310 g/mol. The van der Waals surface area contributed by atoms with Gasteiger partial charge in [0.25, 0.3) is 23.2 Å². The highest BCUT2D eigenvalue weighted by Gasteiger charge is 2.36. The van der Waals surface area contributed by atoms with Gasteiger partial charge in [-0.15, -0.1) is 0 Å². The highest BCUT2D eigenvalue weighted by atomic mass is 16.8. The van der Waals surface area contributed by atoms with E-state index in [-0.39, 0.29) is 108 Å². The van der Waals surface area contributed by atoms with Gasteiger partial charge < -0.3 is 38.2 Å². The van der Waals surface area contributed by atoms with Gasteiger partial charge in [-0.05, 0) is 129 Å². The van der Waals surface area contributed by atoms with Crippen LogP contribution in [0.4, 0.5) is 46.7 Å². The molecule has 33 nitrogen and oxygen atoms in total. The van der Waals surface area contributed by atoms with Crippen molar-refractivity contribution in [2.45, 2.75) is 131 Å². The number of ether oxygens (including phenoxy) is 6. The van der Waals surface area contributed by atoms with Crippen LogP contribution in [0.2, 0.25) is 0 Å². The fourth-order valence-electron chi connectivity index (χ4n) is 9.30. The topological polar surface area (TPSA) is 397 Å². The van der Waals surface area contributed by atoms with E-state index in [4.69, 9.17) is 38.1 Å². The number of non-ortho nitro benzene ring substituents is 2. The van der Waals surface area contributed by atoms with E-state index in [1.165, 1.54) is 34.1 Å². The van der Waals surface area contributed by atoms with Crippen molar-refractivity contribution in [3.63, 3.8) is 0 Å². The van der Waals surface area contributed by atoms with Crippen LogP contribution >= 0.6 is 0 Å². The van der Waals surface area contributed by atoms with E-state index in [0.29, 0.717) is 48.4 Å². The van der Waals surface area contributed by atoms with Gasteiger partial charge in [-0.3, -0.25) is 39.6 Å². The van der Waals surface area contributed by atoms with E-state index in [1.807, 2.05) is 9.80 Å². The molecule has 0 spiro atoms. The number of amides is 6. The molecule has 6 rings (SSSR count). The third kappa shape index (κ3) is 22.6. The molecular formula is C61H76N14O19. The van der Waals surface area contributed by atoms with Crippen molar-refractivity contribution in [3.05, 3.63) is 147 Å². The average Bonchev–Trinajstić information content (AvgIpc) is 0.839. The van der Waals surface area contributed by atoms with E-state index in [2.05, 4.69) is 20.1 Å². The fourth-order valence-corrected chi connectivity index (χ4v) is 9.30. The molecular weight excluding hydrogens is 1230 g/mol. The maximum atomic E-state index is 13.8. The number of hydroxylamine groups is 4. The molecule has 4 aromatic rings. The van der Waals surface area contributed by atoms with Gasteiger partial charge >= 0.3 is 30.5 Å². The molecule has 0 atom stereocenters. The van der Waals surface area contributed by atoms with Crippen molar-refractivity contribution >= 4 is 65.1 Å². The van der Waals surface area contributed by atoms with Crippen LogP contribution in [-0.2, 0) is 64.1 Å². The smallest absolute Gasteiger partial charge is 0.442 e. The molecule has 0 radical (unpaired) electrons. The Morgan fingerprint density at radius 2 is 0.798 bits per heavy atom. The van der Waals surface area contributed by atoms with Crippen molar-refractivity contribution in [1.29, 1.82) is 0 Å². The third-order valence-electron chi connectivity index (χ3n) is 13.4. The summed E-state index contributed by atoms with van der Waals surface area (Å²) in [5.74, 6) is -1.34. The number of hydrogen-bond donors (Lipinski definition) is 0. The summed E-state index contributed by atoms with van der Waals surface area (Å²) in [5, 5.41) is 32.4. The first-order valence-electron chi connectivity index (χ1n) is 29.5. The van der Waals surface area contributed by atoms with Crippen LogP contribution in [0.5, 0.6) is 11.5 Å². The number of imide groups is 2. The summed E-state index contributed by atoms with van der Waals surface area (Å²) < 4.78 is 32.6. The number of nitrogens with zero attached hydrogens (tertiary/aromatic N) is 14. The second kappa shape index (κ2) is 31.4. The normalized spacial score (nSPS) is 13.9. The van der Waals surface area contributed by atoms with Crippen LogP contribution in [0.15, 0.2) is 83.0 Å². The Balaban J connectivity index is 1.12. The zero-order valence-corrected chi connectivity index (χ0v) is 54.3. The number of hydrogen-bond acceptors (Lipinski definition) is 23. The summed E-state index contributed by atoms with van der Waals surface area (Å²) in [6.07, 6.45) is -6.12. The summed E-state index contributed by atoms with van der Waals surface area (Å²) in [5.41, 5.74) is 17.3. The third-order valence-corrected chi connectivity index (χ3v) is 13.4. The lowest BCUT2D eigenvalue weighted by Gasteiger charge is -2.35. The quantitative estimate of drug-likeness (QED) is 0.0116. The molecule has 33 heteroatoms. The lowest BCUT2D eigenvalue weighted by Crippen LogP contribution is -2.50. The lowest BCUT2D eigenvalue weighted by molar-refractivity contribution is -0.385. The van der Waals surface area contributed by atoms with Crippen LogP contribution < -0.4 is 9.47 Å². The number of azide groups is 2. The van der Waals surface area contributed by atoms with Gasteiger partial charge in [0.05, 0.1) is 9.85 Å². The predicted molar refractivity (Wildman–Crippen MR) is 333 cm³/mol. The van der Waals surface area contributed by atoms with E-state index in [0.717, 1.165) is 12.1 Å². The number of rotatable bonds is 20. The van der Waals surface area contributed by atoms with Gasteiger partial charge in [0.2, 0.25) is 0 Å². The minimum absolute atomic E-state index is 0.0624. The lowest BCUT2D eigenvalue weighted by atomic mass is 10.00. The molecule has 0 bridgehead atoms. The Labute approximate surface area is 540 Å². The molecule has 0 aromatic heterocycles. The molecule has 6 amide bonds. The average molecular weight is 1310 g/mol. The predicted octanol–water partition coefficient (Wildman–Crippen LogP) is 11.6. The molecule has 2 saturated heterocycles. The largest absolute Gasteiger partial charge is 0.519 e. The molecule has 0 saturated carbocycles. The van der Waals surface area contributed by atoms with Crippen LogP contribution in [0.25, 0.3) is 20.9 Å². The van der Waals surface area contributed by atoms with Gasteiger partial charge in [-0.2, -0.15) is 0 Å². The second-order valence-electron chi connectivity index (χ2n) is 25.6. The summed E-state index contributed by atoms with van der Waals surface area (Å²) in [7, 11) is 0. The number of nitro groups is 2. The Morgan fingerprint density at radius 1 is 0.479 bits per heavy atom. The van der Waals surface area contributed by atoms with Gasteiger partial charge in [0.15, 0.2) is 13.2 Å². The standard InChI is InChI=1S/C61H76N14O19/c1-58(2,3)91-53(78)72(54(79)92-59(4,5)6)87-37-51(76)70-25-21-68(22-26-70)35-43-31-39(13-17-47(43)64-66-62)29-41-33-45(74(83)84)15-19-49(41)89-57(82)90-50-20-16-46(75(85)86)34-42(50)30-40-14-18-48(65-67-63)44(32-40)36-69-23-27-71(28-24-69)52(77)38-88-73(55(80)93-60(7,8)9)56(81)94-61(10,11)12/h13-20,31-34H,21-30,35-38H2,1-12H3. The Hall–Kier alpha value is -10.2. The van der Waals surface area contributed by atoms with Crippen molar-refractivity contribution in [1.82, 2.24) is 29.7 Å². The van der Waals surface area contributed by atoms with Crippen LogP contribution in [-0.4, -0.2) is 170 Å². The summed E-state index contributed by atoms with van der Waals surface area (Å²) in [6, 6.07) is 16.9. The summed E-state index contributed by atoms with van der Waals surface area (Å²) in [4.78, 5) is 139. The first kappa shape index (κ1) is 72.9. The van der Waals surface area contributed by atoms with Gasteiger partial charge in [-0.25, -0.2) is 33.6 Å². The van der Waals surface area contributed by atoms with Gasteiger partial charge in [-0.1, -0.05) is 56.8 Å². The molecule has 504 valence electrons. The molecule has 2 heterocycles. The zero-order chi connectivity index (χ0) is 69.5. The molecule has 0 aliphatic carbocycles. The molecule has 0 unspecified atom stereocenters. The minimum Gasteiger partial charge on any atom is -0.442 e. The van der Waals surface area contributed by atoms with Gasteiger partial charge in [0.1, 0.15) is 33.9 Å². The van der Waals surface area contributed by atoms with E-state index >= 15 is 0 Å². The van der Waals surface area contributed by atoms with E-state index in [9.17, 15) is 64.9 Å². The van der Waals surface area contributed by atoms with Gasteiger partial charge in [0, 0.05) is 135 Å². The summed E-state index contributed by atoms with van der Waals surface area (Å²) >= 11 is 0. The number of carbonyl (C=O) groups is 7. The van der Waals surface area contributed by atoms with Crippen molar-refractivity contribution < 1.29 is 81.5 Å². The Bertz CT molecular complexity index is 3320. The highest BCUT2D eigenvalue weighted by molar-refractivity contribution is 5.88. The SMILES string of the molecule is CC(C)(C)OC(=O)N(OCC(=O)N1CCN(Cc2cc(Cc3cc([N+](=O)[O-])ccc3OC(=O)Oc3ccc([N+](=O)[O-])cc3Cc3ccc(N=[N+]=[N-])c(CN4CCN(C(=O)CON(C(=O)OC(C)(C)C)C(=O)OC(C)(C)C)CC4)c3)ccc2N=[N+]=[N-])CC1)C(=O)OC(C)(C)C. The minimum atomic E-state index is -1.30. The first-order chi connectivity index (χ1) is 44.0. The Kier molecular flexibility index (Phi) is 24.4.